The Morgan fingerprint density at radius 1 is 1.00 bits per heavy atom. The fourth-order valence-corrected chi connectivity index (χ4v) is 2.54. The summed E-state index contributed by atoms with van der Waals surface area (Å²) in [6, 6.07) is 17.1. The number of pyridine rings is 1. The van der Waals surface area contributed by atoms with E-state index in [9.17, 15) is 9.18 Å². The van der Waals surface area contributed by atoms with Gasteiger partial charge in [0, 0.05) is 17.6 Å². The highest BCUT2D eigenvalue weighted by Crippen LogP contribution is 2.22. The number of aromatic nitrogens is 1. The van der Waals surface area contributed by atoms with Gasteiger partial charge in [0.15, 0.2) is 0 Å². The number of anilines is 3. The van der Waals surface area contributed by atoms with Crippen molar-refractivity contribution in [1.29, 1.82) is 0 Å². The third kappa shape index (κ3) is 4.25. The quantitative estimate of drug-likeness (QED) is 0.654. The summed E-state index contributed by atoms with van der Waals surface area (Å²) in [5.41, 5.74) is 2.85. The number of rotatable bonds is 5. The zero-order valence-electron chi connectivity index (χ0n) is 14.7. The minimum absolute atomic E-state index is 0.356. The van der Waals surface area contributed by atoms with Gasteiger partial charge in [-0.3, -0.25) is 4.79 Å². The standard InChI is InChI=1S/C21H20FN3O/c1-14(2)15-8-10-17(11-9-15)24-20-19(7-4-12-23-20)21(26)25-18-6-3-5-16(22)13-18/h3-14H,1-2H3,(H,23,24)(H,25,26). The number of nitrogens with zero attached hydrogens (tertiary/aromatic N) is 1. The number of hydrogen-bond acceptors (Lipinski definition) is 3. The van der Waals surface area contributed by atoms with Crippen molar-refractivity contribution < 1.29 is 9.18 Å². The van der Waals surface area contributed by atoms with Crippen molar-refractivity contribution in [3.63, 3.8) is 0 Å². The monoisotopic (exact) mass is 349 g/mol. The van der Waals surface area contributed by atoms with Crippen LogP contribution in [0.1, 0.15) is 35.7 Å². The van der Waals surface area contributed by atoms with Gasteiger partial charge >= 0.3 is 0 Å². The van der Waals surface area contributed by atoms with E-state index in [4.69, 9.17) is 0 Å². The molecule has 1 aromatic heterocycles. The highest BCUT2D eigenvalue weighted by molar-refractivity contribution is 6.07. The van der Waals surface area contributed by atoms with E-state index in [1.165, 1.54) is 17.7 Å². The molecule has 4 nitrogen and oxygen atoms in total. The van der Waals surface area contributed by atoms with E-state index in [-0.39, 0.29) is 5.91 Å². The lowest BCUT2D eigenvalue weighted by Gasteiger charge is -2.12. The number of halogens is 1. The molecule has 0 unspecified atom stereocenters. The van der Waals surface area contributed by atoms with Crippen LogP contribution in [0.2, 0.25) is 0 Å². The predicted molar refractivity (Wildman–Crippen MR) is 102 cm³/mol. The van der Waals surface area contributed by atoms with E-state index in [0.717, 1.165) is 5.69 Å². The Hall–Kier alpha value is -3.21. The van der Waals surface area contributed by atoms with E-state index in [0.29, 0.717) is 23.0 Å². The lowest BCUT2D eigenvalue weighted by molar-refractivity contribution is 0.102. The van der Waals surface area contributed by atoms with Gasteiger partial charge in [-0.25, -0.2) is 9.37 Å². The summed E-state index contributed by atoms with van der Waals surface area (Å²) in [6.07, 6.45) is 1.61. The molecule has 0 aliphatic rings. The van der Waals surface area contributed by atoms with Crippen LogP contribution >= 0.6 is 0 Å². The smallest absolute Gasteiger partial charge is 0.259 e. The number of carbonyl (C=O) groups excluding carboxylic acids is 1. The Bertz CT molecular complexity index is 907. The van der Waals surface area contributed by atoms with Crippen LogP contribution in [-0.2, 0) is 0 Å². The van der Waals surface area contributed by atoms with Crippen LogP contribution in [0.25, 0.3) is 0 Å². The Morgan fingerprint density at radius 3 is 2.46 bits per heavy atom. The molecule has 0 radical (unpaired) electrons. The number of amides is 1. The first-order valence-corrected chi connectivity index (χ1v) is 8.42. The van der Waals surface area contributed by atoms with Crippen molar-refractivity contribution in [2.45, 2.75) is 19.8 Å². The Balaban J connectivity index is 1.80. The van der Waals surface area contributed by atoms with E-state index in [1.54, 1.807) is 30.5 Å². The van der Waals surface area contributed by atoms with Crippen molar-refractivity contribution in [3.8, 4) is 0 Å². The number of carbonyl (C=O) groups is 1. The summed E-state index contributed by atoms with van der Waals surface area (Å²) in [5, 5.41) is 5.86. The van der Waals surface area contributed by atoms with Crippen LogP contribution in [0.3, 0.4) is 0 Å². The third-order valence-electron chi connectivity index (χ3n) is 3.97. The highest BCUT2D eigenvalue weighted by atomic mass is 19.1. The third-order valence-corrected chi connectivity index (χ3v) is 3.97. The normalized spacial score (nSPS) is 10.6. The lowest BCUT2D eigenvalue weighted by atomic mass is 10.0. The molecule has 0 aliphatic carbocycles. The molecule has 0 atom stereocenters. The number of benzene rings is 2. The molecule has 132 valence electrons. The van der Waals surface area contributed by atoms with Gasteiger partial charge in [-0.05, 0) is 53.9 Å². The van der Waals surface area contributed by atoms with E-state index in [2.05, 4.69) is 29.5 Å². The second kappa shape index (κ2) is 7.78. The molecule has 0 fully saturated rings. The first-order chi connectivity index (χ1) is 12.5. The van der Waals surface area contributed by atoms with Crippen molar-refractivity contribution in [2.24, 2.45) is 0 Å². The number of nitrogens with one attached hydrogen (secondary N) is 2. The molecule has 1 amide bonds. The van der Waals surface area contributed by atoms with Crippen LogP contribution in [0.5, 0.6) is 0 Å². The Morgan fingerprint density at radius 2 is 1.77 bits per heavy atom. The van der Waals surface area contributed by atoms with Crippen LogP contribution in [0.4, 0.5) is 21.6 Å². The molecule has 3 rings (SSSR count). The van der Waals surface area contributed by atoms with Crippen molar-refractivity contribution >= 4 is 23.1 Å². The molecule has 26 heavy (non-hydrogen) atoms. The molecule has 0 spiro atoms. The van der Waals surface area contributed by atoms with Crippen molar-refractivity contribution in [3.05, 3.63) is 83.8 Å². The van der Waals surface area contributed by atoms with Crippen LogP contribution in [0.15, 0.2) is 66.9 Å². The molecule has 3 aromatic rings. The lowest BCUT2D eigenvalue weighted by Crippen LogP contribution is -2.14. The van der Waals surface area contributed by atoms with Gasteiger partial charge in [0.25, 0.3) is 5.91 Å². The Kier molecular flexibility index (Phi) is 5.27. The summed E-state index contributed by atoms with van der Waals surface area (Å²) >= 11 is 0. The minimum Gasteiger partial charge on any atom is -0.340 e. The second-order valence-electron chi connectivity index (χ2n) is 6.27. The average Bonchev–Trinajstić information content (AvgIpc) is 2.62. The first kappa shape index (κ1) is 17.6. The van der Waals surface area contributed by atoms with Crippen molar-refractivity contribution in [1.82, 2.24) is 4.98 Å². The van der Waals surface area contributed by atoms with E-state index >= 15 is 0 Å². The molecule has 0 saturated heterocycles. The summed E-state index contributed by atoms with van der Waals surface area (Å²) < 4.78 is 13.3. The van der Waals surface area contributed by atoms with E-state index < -0.39 is 5.82 Å². The summed E-state index contributed by atoms with van der Waals surface area (Å²) in [4.78, 5) is 16.8. The van der Waals surface area contributed by atoms with Crippen LogP contribution in [0, 0.1) is 5.82 Å². The summed E-state index contributed by atoms with van der Waals surface area (Å²) in [7, 11) is 0. The molecular formula is C21H20FN3O. The largest absolute Gasteiger partial charge is 0.340 e. The summed E-state index contributed by atoms with van der Waals surface area (Å²) in [6.45, 7) is 4.27. The molecule has 1 heterocycles. The predicted octanol–water partition coefficient (Wildman–Crippen LogP) is 5.34. The number of hydrogen-bond donors (Lipinski definition) is 2. The molecule has 2 aromatic carbocycles. The van der Waals surface area contributed by atoms with E-state index in [1.807, 2.05) is 24.3 Å². The summed E-state index contributed by atoms with van der Waals surface area (Å²) in [5.74, 6) is 0.132. The van der Waals surface area contributed by atoms with Gasteiger partial charge in [-0.15, -0.1) is 0 Å². The first-order valence-electron chi connectivity index (χ1n) is 8.42. The van der Waals surface area contributed by atoms with Gasteiger partial charge in [0.2, 0.25) is 0 Å². The zero-order chi connectivity index (χ0) is 18.5. The highest BCUT2D eigenvalue weighted by Gasteiger charge is 2.13. The zero-order valence-corrected chi connectivity index (χ0v) is 14.7. The maximum Gasteiger partial charge on any atom is 0.259 e. The maximum absolute atomic E-state index is 13.3. The van der Waals surface area contributed by atoms with Gasteiger partial charge in [0.1, 0.15) is 11.6 Å². The maximum atomic E-state index is 13.3. The van der Waals surface area contributed by atoms with Gasteiger partial charge in [-0.1, -0.05) is 32.0 Å². The topological polar surface area (TPSA) is 54.0 Å². The Labute approximate surface area is 152 Å². The average molecular weight is 349 g/mol. The van der Waals surface area contributed by atoms with Gasteiger partial charge < -0.3 is 10.6 Å². The molecule has 0 aliphatic heterocycles. The van der Waals surface area contributed by atoms with Gasteiger partial charge in [-0.2, -0.15) is 0 Å². The molecule has 0 saturated carbocycles. The van der Waals surface area contributed by atoms with Crippen LogP contribution < -0.4 is 10.6 Å². The molecular weight excluding hydrogens is 329 g/mol. The fourth-order valence-electron chi connectivity index (χ4n) is 2.54. The SMILES string of the molecule is CC(C)c1ccc(Nc2ncccc2C(=O)Nc2cccc(F)c2)cc1. The van der Waals surface area contributed by atoms with Crippen LogP contribution in [-0.4, -0.2) is 10.9 Å². The second-order valence-corrected chi connectivity index (χ2v) is 6.27. The minimum atomic E-state index is -0.405. The van der Waals surface area contributed by atoms with Crippen molar-refractivity contribution in [2.75, 3.05) is 10.6 Å². The molecule has 5 heteroatoms. The molecule has 0 bridgehead atoms. The molecule has 2 N–H and O–H groups in total. The van der Waals surface area contributed by atoms with Gasteiger partial charge in [0.05, 0.1) is 5.56 Å². The fraction of sp³-hybridized carbons (Fsp3) is 0.143.